The van der Waals surface area contributed by atoms with Crippen molar-refractivity contribution in [3.8, 4) is 0 Å². The van der Waals surface area contributed by atoms with Crippen LogP contribution in [0.3, 0.4) is 0 Å². The van der Waals surface area contributed by atoms with E-state index in [0.29, 0.717) is 0 Å². The first-order chi connectivity index (χ1) is 13.1. The average molecular weight is 391 g/mol. The van der Waals surface area contributed by atoms with Gasteiger partial charge in [0.2, 0.25) is 0 Å². The molecule has 3 aliphatic carbocycles. The van der Waals surface area contributed by atoms with E-state index in [1.54, 1.807) is 0 Å². The molecule has 0 heterocycles. The largest absolute Gasteiger partial charge is 0.110 e. The zero-order valence-corrected chi connectivity index (χ0v) is 18.4. The minimum absolute atomic E-state index is 0.00260. The molecule has 1 heteroatoms. The molecule has 0 radical (unpaired) electrons. The van der Waals surface area contributed by atoms with Crippen LogP contribution in [0.15, 0.2) is 108 Å². The highest BCUT2D eigenvalue weighted by Gasteiger charge is 2.28. The minimum atomic E-state index is -0.497. The van der Waals surface area contributed by atoms with Crippen LogP contribution in [0.25, 0.3) is 0 Å². The minimum Gasteiger partial charge on any atom is -0.110 e. The molecule has 0 aromatic heterocycles. The molecule has 0 bridgehead atoms. The Morgan fingerprint density at radius 3 is 1.43 bits per heavy atom. The zero-order chi connectivity index (χ0) is 20.4. The number of hydrogen-bond acceptors (Lipinski definition) is 0. The second kappa shape index (κ2) is 7.76. The second-order valence-electron chi connectivity index (χ2n) is 9.31. The predicted octanol–water partition coefficient (Wildman–Crippen LogP) is 7.81. The van der Waals surface area contributed by atoms with Gasteiger partial charge in [-0.3, -0.25) is 0 Å². The molecule has 0 aromatic rings. The summed E-state index contributed by atoms with van der Waals surface area (Å²) in [6.07, 6.45) is 32.9. The Hall–Kier alpha value is -2.05. The molecule has 0 spiro atoms. The number of halogens is 1. The SMILES string of the molecule is CC1(C)C=CC=CC(C(C2=CC(C)(C)C=CC=C2)C2=CC(C)(Cl)C=CC=C2)=C1. The normalized spacial score (nSPS) is 27.8. The van der Waals surface area contributed by atoms with E-state index in [0.717, 1.165) is 0 Å². The van der Waals surface area contributed by atoms with Crippen molar-refractivity contribution in [1.82, 2.24) is 0 Å². The fraction of sp³-hybridized carbons (Fsp3) is 0.333. The van der Waals surface area contributed by atoms with Crippen LogP contribution < -0.4 is 0 Å². The molecule has 3 rings (SSSR count). The maximum atomic E-state index is 6.77. The van der Waals surface area contributed by atoms with Gasteiger partial charge < -0.3 is 0 Å². The van der Waals surface area contributed by atoms with Crippen LogP contribution >= 0.6 is 11.6 Å². The molecule has 0 aromatic carbocycles. The van der Waals surface area contributed by atoms with Crippen LogP contribution in [0, 0.1) is 16.7 Å². The van der Waals surface area contributed by atoms with E-state index in [1.807, 2.05) is 19.1 Å². The summed E-state index contributed by atoms with van der Waals surface area (Å²) in [6.45, 7) is 11.0. The summed E-state index contributed by atoms with van der Waals surface area (Å²) in [5, 5.41) is 0. The fourth-order valence-electron chi connectivity index (χ4n) is 3.94. The third-order valence-corrected chi connectivity index (χ3v) is 5.43. The van der Waals surface area contributed by atoms with Crippen molar-refractivity contribution in [2.75, 3.05) is 0 Å². The molecule has 0 N–H and O–H groups in total. The lowest BCUT2D eigenvalue weighted by Crippen LogP contribution is -2.16. The molecule has 1 unspecified atom stereocenters. The highest BCUT2D eigenvalue weighted by atomic mass is 35.5. The van der Waals surface area contributed by atoms with Crippen molar-refractivity contribution in [2.45, 2.75) is 39.5 Å². The number of allylic oxidation sites excluding steroid dienone is 18. The maximum absolute atomic E-state index is 6.77. The molecular formula is C27H31Cl. The zero-order valence-electron chi connectivity index (χ0n) is 17.6. The lowest BCUT2D eigenvalue weighted by Gasteiger charge is -2.27. The second-order valence-corrected chi connectivity index (χ2v) is 10.1. The van der Waals surface area contributed by atoms with Crippen molar-refractivity contribution >= 4 is 11.6 Å². The first-order valence-corrected chi connectivity index (χ1v) is 10.4. The van der Waals surface area contributed by atoms with Crippen LogP contribution in [0.1, 0.15) is 34.6 Å². The molecule has 0 saturated carbocycles. The van der Waals surface area contributed by atoms with Gasteiger partial charge in [-0.2, -0.15) is 0 Å². The highest BCUT2D eigenvalue weighted by Crippen LogP contribution is 2.40. The van der Waals surface area contributed by atoms with E-state index >= 15 is 0 Å². The number of hydrogen-bond donors (Lipinski definition) is 0. The summed E-state index contributed by atoms with van der Waals surface area (Å²) in [7, 11) is 0. The predicted molar refractivity (Wildman–Crippen MR) is 124 cm³/mol. The van der Waals surface area contributed by atoms with E-state index < -0.39 is 4.87 Å². The Kier molecular flexibility index (Phi) is 5.73. The lowest BCUT2D eigenvalue weighted by atomic mass is 9.77. The van der Waals surface area contributed by atoms with E-state index in [-0.39, 0.29) is 16.7 Å². The Morgan fingerprint density at radius 2 is 0.964 bits per heavy atom. The van der Waals surface area contributed by atoms with E-state index in [1.165, 1.54) is 16.7 Å². The van der Waals surface area contributed by atoms with Gasteiger partial charge in [-0.05, 0) is 23.6 Å². The molecule has 3 aliphatic rings. The smallest absolute Gasteiger partial charge is 0.0787 e. The Morgan fingerprint density at radius 1 is 0.571 bits per heavy atom. The molecule has 28 heavy (non-hydrogen) atoms. The summed E-state index contributed by atoms with van der Waals surface area (Å²) in [4.78, 5) is -0.497. The topological polar surface area (TPSA) is 0 Å². The summed E-state index contributed by atoms with van der Waals surface area (Å²) in [5.74, 6) is 0.125. The molecule has 0 amide bonds. The molecule has 0 nitrogen and oxygen atoms in total. The van der Waals surface area contributed by atoms with Crippen LogP contribution in [0.2, 0.25) is 0 Å². The Bertz CT molecular complexity index is 768. The lowest BCUT2D eigenvalue weighted by molar-refractivity contribution is 0.608. The molecular weight excluding hydrogens is 360 g/mol. The van der Waals surface area contributed by atoms with Gasteiger partial charge in [0.25, 0.3) is 0 Å². The van der Waals surface area contributed by atoms with Crippen LogP contribution in [0.4, 0.5) is 0 Å². The third kappa shape index (κ3) is 5.26. The van der Waals surface area contributed by atoms with Crippen LogP contribution in [-0.4, -0.2) is 4.87 Å². The number of alkyl halides is 1. The number of rotatable bonds is 3. The van der Waals surface area contributed by atoms with E-state index in [9.17, 15) is 0 Å². The van der Waals surface area contributed by atoms with Gasteiger partial charge in [-0.15, -0.1) is 11.6 Å². The summed E-state index contributed by atoms with van der Waals surface area (Å²) in [6, 6.07) is 0. The van der Waals surface area contributed by atoms with Gasteiger partial charge in [0, 0.05) is 16.7 Å². The fourth-order valence-corrected chi connectivity index (χ4v) is 4.14. The Labute approximate surface area is 175 Å². The summed E-state index contributed by atoms with van der Waals surface area (Å²) >= 11 is 6.77. The maximum Gasteiger partial charge on any atom is 0.0787 e. The first kappa shape index (κ1) is 20.7. The molecule has 146 valence electrons. The summed E-state index contributed by atoms with van der Waals surface area (Å²) < 4.78 is 0. The van der Waals surface area contributed by atoms with Crippen molar-refractivity contribution in [3.05, 3.63) is 108 Å². The van der Waals surface area contributed by atoms with E-state index in [4.69, 9.17) is 11.6 Å². The van der Waals surface area contributed by atoms with Gasteiger partial charge in [0.15, 0.2) is 0 Å². The van der Waals surface area contributed by atoms with Gasteiger partial charge in [0.1, 0.15) is 0 Å². The van der Waals surface area contributed by atoms with Gasteiger partial charge >= 0.3 is 0 Å². The van der Waals surface area contributed by atoms with Gasteiger partial charge in [-0.25, -0.2) is 0 Å². The monoisotopic (exact) mass is 390 g/mol. The van der Waals surface area contributed by atoms with Gasteiger partial charge in [0.05, 0.1) is 4.87 Å². The van der Waals surface area contributed by atoms with Crippen LogP contribution in [-0.2, 0) is 0 Å². The Balaban J connectivity index is 2.20. The first-order valence-electron chi connectivity index (χ1n) is 10.0. The van der Waals surface area contributed by atoms with Crippen molar-refractivity contribution in [2.24, 2.45) is 16.7 Å². The third-order valence-electron chi connectivity index (χ3n) is 5.20. The molecule has 1 atom stereocenters. The van der Waals surface area contributed by atoms with Crippen LogP contribution in [0.5, 0.6) is 0 Å². The van der Waals surface area contributed by atoms with E-state index in [2.05, 4.69) is 107 Å². The molecule has 0 aliphatic heterocycles. The highest BCUT2D eigenvalue weighted by molar-refractivity contribution is 6.26. The molecule has 0 saturated heterocycles. The quantitative estimate of drug-likeness (QED) is 0.431. The van der Waals surface area contributed by atoms with Gasteiger partial charge in [-0.1, -0.05) is 119 Å². The molecule has 0 fully saturated rings. The standard InChI is InChI=1S/C27H31Cl/c1-25(2)15-9-6-12-21(18-25)24(22-13-7-10-16-26(3,4)19-22)23-14-8-11-17-27(5,28)20-23/h6-20,24H,1-5H3. The van der Waals surface area contributed by atoms with Crippen molar-refractivity contribution < 1.29 is 0 Å². The van der Waals surface area contributed by atoms with Crippen molar-refractivity contribution in [1.29, 1.82) is 0 Å². The summed E-state index contributed by atoms with van der Waals surface area (Å²) in [5.41, 5.74) is 3.82. The van der Waals surface area contributed by atoms with Crippen molar-refractivity contribution in [3.63, 3.8) is 0 Å². The average Bonchev–Trinajstić information content (AvgIpc) is 2.94.